The first-order valence-corrected chi connectivity index (χ1v) is 10.1. The van der Waals surface area contributed by atoms with E-state index < -0.39 is 27.2 Å². The summed E-state index contributed by atoms with van der Waals surface area (Å²) in [7, 11) is -3.52. The molecule has 0 aromatic heterocycles. The average Bonchev–Trinajstić information content (AvgIpc) is 2.58. The summed E-state index contributed by atoms with van der Waals surface area (Å²) in [5, 5.41) is 2.48. The number of carbonyl (C=O) groups is 1. The van der Waals surface area contributed by atoms with Crippen molar-refractivity contribution in [2.24, 2.45) is 5.92 Å². The van der Waals surface area contributed by atoms with Crippen LogP contribution in [0.1, 0.15) is 12.8 Å². The number of thioether (sulfide) groups is 1. The number of rotatable bonds is 6. The average molecular weight is 396 g/mol. The number of nitrogens with one attached hydrogen (secondary N) is 1. The van der Waals surface area contributed by atoms with E-state index >= 15 is 0 Å². The maximum Gasteiger partial charge on any atom is 0.442 e. The summed E-state index contributed by atoms with van der Waals surface area (Å²) in [5.74, 6) is -1.27. The van der Waals surface area contributed by atoms with Gasteiger partial charge in [0.15, 0.2) is 0 Å². The number of alkyl halides is 3. The van der Waals surface area contributed by atoms with Crippen molar-refractivity contribution in [3.63, 3.8) is 0 Å². The summed E-state index contributed by atoms with van der Waals surface area (Å²) in [6, 6.07) is 8.15. The van der Waals surface area contributed by atoms with Crippen LogP contribution in [-0.4, -0.2) is 49.5 Å². The van der Waals surface area contributed by atoms with Crippen LogP contribution in [0.3, 0.4) is 0 Å². The van der Waals surface area contributed by atoms with Gasteiger partial charge in [-0.15, -0.1) is 0 Å². The molecule has 1 saturated heterocycles. The highest BCUT2D eigenvalue weighted by atomic mass is 32.2. The van der Waals surface area contributed by atoms with E-state index in [1.165, 1.54) is 4.31 Å². The Kier molecular flexibility index (Phi) is 6.75. The van der Waals surface area contributed by atoms with Gasteiger partial charge in [0.2, 0.25) is 15.9 Å². The lowest BCUT2D eigenvalue weighted by Gasteiger charge is -2.31. The third-order valence-electron chi connectivity index (χ3n) is 3.91. The molecule has 1 aliphatic heterocycles. The van der Waals surface area contributed by atoms with E-state index in [-0.39, 0.29) is 29.1 Å². The fraction of sp³-hybridized carbons (Fsp3) is 0.533. The molecule has 1 heterocycles. The molecule has 0 bridgehead atoms. The van der Waals surface area contributed by atoms with Gasteiger partial charge in [-0.2, -0.15) is 17.5 Å². The molecule has 0 aliphatic carbocycles. The highest BCUT2D eigenvalue weighted by Crippen LogP contribution is 2.29. The summed E-state index contributed by atoms with van der Waals surface area (Å²) in [6.07, 6.45) is 1.11. The second-order valence-electron chi connectivity index (χ2n) is 5.70. The van der Waals surface area contributed by atoms with E-state index in [9.17, 15) is 26.4 Å². The van der Waals surface area contributed by atoms with Crippen LogP contribution in [0.15, 0.2) is 35.2 Å². The molecule has 10 heteroatoms. The van der Waals surface area contributed by atoms with E-state index in [0.717, 1.165) is 0 Å². The van der Waals surface area contributed by atoms with Gasteiger partial charge in [0.25, 0.3) is 0 Å². The quantitative estimate of drug-likeness (QED) is 0.802. The van der Waals surface area contributed by atoms with Gasteiger partial charge in [-0.3, -0.25) is 4.79 Å². The zero-order valence-electron chi connectivity index (χ0n) is 13.3. The van der Waals surface area contributed by atoms with Gasteiger partial charge in [-0.1, -0.05) is 18.2 Å². The van der Waals surface area contributed by atoms with E-state index in [1.807, 2.05) is 0 Å². The van der Waals surface area contributed by atoms with Crippen LogP contribution >= 0.6 is 11.8 Å². The standard InChI is InChI=1S/C15H19F3N2O3S2/c16-15(17,18)24-11-14(21)19-10-12-6-8-20(9-7-12)25(22,23)13-4-2-1-3-5-13/h1-5,12H,6-11H2,(H,19,21). The first-order valence-electron chi connectivity index (χ1n) is 7.71. The predicted molar refractivity (Wildman–Crippen MR) is 89.4 cm³/mol. The summed E-state index contributed by atoms with van der Waals surface area (Å²) < 4.78 is 62.5. The van der Waals surface area contributed by atoms with Crippen molar-refractivity contribution in [2.45, 2.75) is 23.2 Å². The minimum atomic E-state index is -4.42. The second kappa shape index (κ2) is 8.41. The molecule has 0 saturated carbocycles. The molecule has 1 N–H and O–H groups in total. The molecule has 5 nitrogen and oxygen atoms in total. The Morgan fingerprint density at radius 3 is 2.36 bits per heavy atom. The van der Waals surface area contributed by atoms with Crippen LogP contribution in [0.5, 0.6) is 0 Å². The minimum absolute atomic E-state index is 0.0575. The SMILES string of the molecule is O=C(CSC(F)(F)F)NCC1CCN(S(=O)(=O)c2ccccc2)CC1. The Balaban J connectivity index is 1.77. The van der Waals surface area contributed by atoms with Gasteiger partial charge in [0.1, 0.15) is 0 Å². The Morgan fingerprint density at radius 2 is 1.80 bits per heavy atom. The van der Waals surface area contributed by atoms with Crippen molar-refractivity contribution in [2.75, 3.05) is 25.4 Å². The third-order valence-corrected chi connectivity index (χ3v) is 6.56. The van der Waals surface area contributed by atoms with E-state index in [0.29, 0.717) is 25.9 Å². The summed E-state index contributed by atoms with van der Waals surface area (Å²) in [6.45, 7) is 0.917. The molecule has 2 rings (SSSR count). The van der Waals surface area contributed by atoms with Crippen molar-refractivity contribution in [1.82, 2.24) is 9.62 Å². The number of hydrogen-bond donors (Lipinski definition) is 1. The lowest BCUT2D eigenvalue weighted by Crippen LogP contribution is -2.41. The monoisotopic (exact) mass is 396 g/mol. The Labute approximate surface area is 149 Å². The number of carbonyl (C=O) groups excluding carboxylic acids is 1. The lowest BCUT2D eigenvalue weighted by atomic mass is 9.98. The molecule has 1 amide bonds. The fourth-order valence-electron chi connectivity index (χ4n) is 2.55. The van der Waals surface area contributed by atoms with E-state index in [4.69, 9.17) is 0 Å². The number of amides is 1. The molecule has 1 fully saturated rings. The first kappa shape index (κ1) is 20.1. The third kappa shape index (κ3) is 6.19. The van der Waals surface area contributed by atoms with Crippen LogP contribution < -0.4 is 5.32 Å². The van der Waals surface area contributed by atoms with Crippen LogP contribution in [0.25, 0.3) is 0 Å². The Bertz CT molecular complexity index is 673. The number of halogens is 3. The van der Waals surface area contributed by atoms with E-state index in [2.05, 4.69) is 5.32 Å². The maximum absolute atomic E-state index is 12.5. The zero-order chi connectivity index (χ0) is 18.5. The van der Waals surface area contributed by atoms with Gasteiger partial charge in [0, 0.05) is 19.6 Å². The highest BCUT2D eigenvalue weighted by molar-refractivity contribution is 8.00. The van der Waals surface area contributed by atoms with Crippen molar-refractivity contribution in [3.8, 4) is 0 Å². The molecule has 1 aromatic carbocycles. The molecule has 140 valence electrons. The number of piperidine rings is 1. The largest absolute Gasteiger partial charge is 0.442 e. The first-order chi connectivity index (χ1) is 11.7. The molecular weight excluding hydrogens is 377 g/mol. The van der Waals surface area contributed by atoms with Crippen molar-refractivity contribution in [1.29, 1.82) is 0 Å². The smallest absolute Gasteiger partial charge is 0.355 e. The van der Waals surface area contributed by atoms with Crippen LogP contribution in [-0.2, 0) is 14.8 Å². The molecule has 25 heavy (non-hydrogen) atoms. The van der Waals surface area contributed by atoms with E-state index in [1.54, 1.807) is 30.3 Å². The van der Waals surface area contributed by atoms with Gasteiger partial charge in [-0.05, 0) is 42.7 Å². The van der Waals surface area contributed by atoms with Gasteiger partial charge in [0.05, 0.1) is 10.6 Å². The molecule has 0 spiro atoms. The number of hydrogen-bond acceptors (Lipinski definition) is 4. The molecule has 1 aliphatic rings. The number of nitrogens with zero attached hydrogens (tertiary/aromatic N) is 1. The maximum atomic E-state index is 12.5. The summed E-state index contributed by atoms with van der Waals surface area (Å²) >= 11 is -0.370. The molecular formula is C15H19F3N2O3S2. The molecule has 0 atom stereocenters. The number of benzene rings is 1. The Morgan fingerprint density at radius 1 is 1.20 bits per heavy atom. The van der Waals surface area contributed by atoms with Crippen molar-refractivity contribution >= 4 is 27.7 Å². The molecule has 1 aromatic rings. The summed E-state index contributed by atoms with van der Waals surface area (Å²) in [5.41, 5.74) is -4.42. The van der Waals surface area contributed by atoms with Crippen LogP contribution in [0, 0.1) is 5.92 Å². The number of sulfonamides is 1. The van der Waals surface area contributed by atoms with Gasteiger partial charge >= 0.3 is 5.51 Å². The second-order valence-corrected chi connectivity index (χ2v) is 8.68. The normalized spacial score (nSPS) is 17.4. The minimum Gasteiger partial charge on any atom is -0.355 e. The van der Waals surface area contributed by atoms with Gasteiger partial charge < -0.3 is 5.32 Å². The topological polar surface area (TPSA) is 66.5 Å². The highest BCUT2D eigenvalue weighted by Gasteiger charge is 2.31. The van der Waals surface area contributed by atoms with Crippen LogP contribution in [0.4, 0.5) is 13.2 Å². The molecule has 0 unspecified atom stereocenters. The fourth-order valence-corrected chi connectivity index (χ4v) is 4.44. The summed E-state index contributed by atoms with van der Waals surface area (Å²) in [4.78, 5) is 11.6. The molecule has 0 radical (unpaired) electrons. The predicted octanol–water partition coefficient (Wildman–Crippen LogP) is 2.46. The van der Waals surface area contributed by atoms with Crippen LogP contribution in [0.2, 0.25) is 0 Å². The van der Waals surface area contributed by atoms with Crippen molar-refractivity contribution in [3.05, 3.63) is 30.3 Å². The van der Waals surface area contributed by atoms with Crippen molar-refractivity contribution < 1.29 is 26.4 Å². The Hall–Kier alpha value is -1.26. The lowest BCUT2D eigenvalue weighted by molar-refractivity contribution is -0.119. The van der Waals surface area contributed by atoms with Gasteiger partial charge in [-0.25, -0.2) is 8.42 Å². The zero-order valence-corrected chi connectivity index (χ0v) is 15.0.